The largest absolute Gasteiger partial charge is 0.313 e. The van der Waals surface area contributed by atoms with Crippen LogP contribution in [0, 0.1) is 4.91 Å². The lowest BCUT2D eigenvalue weighted by atomic mass is 11.0. The third-order valence-electron chi connectivity index (χ3n) is 0.404. The van der Waals surface area contributed by atoms with Crippen molar-refractivity contribution >= 4 is 0 Å². The molecule has 0 aliphatic heterocycles. The van der Waals surface area contributed by atoms with Crippen molar-refractivity contribution in [3.63, 3.8) is 0 Å². The van der Waals surface area contributed by atoms with Crippen molar-refractivity contribution in [1.82, 2.24) is 5.01 Å². The van der Waals surface area contributed by atoms with E-state index in [2.05, 4.69) is 5.29 Å². The molecule has 0 saturated heterocycles. The van der Waals surface area contributed by atoms with E-state index in [1.807, 2.05) is 0 Å². The van der Waals surface area contributed by atoms with E-state index in [-0.39, 0.29) is 6.67 Å². The lowest BCUT2D eigenvalue weighted by Crippen LogP contribution is -2.18. The Morgan fingerprint density at radius 2 is 2.50 bits per heavy atom. The number of nitrogens with two attached hydrogens (primary N) is 1. The Hall–Kier alpha value is -0.640. The van der Waals surface area contributed by atoms with Gasteiger partial charge in [0, 0.05) is 7.05 Å². The van der Waals surface area contributed by atoms with Crippen LogP contribution in [0.4, 0.5) is 0 Å². The van der Waals surface area contributed by atoms with E-state index >= 15 is 0 Å². The quantitative estimate of drug-likeness (QED) is 0.282. The standard InChI is InChI=1S/C2H7N3O/c1-5(2-3)4-6/h2-3H2,1H3. The van der Waals surface area contributed by atoms with Crippen LogP contribution in [0.2, 0.25) is 0 Å². The summed E-state index contributed by atoms with van der Waals surface area (Å²) in [5.41, 5.74) is 4.91. The first-order valence-corrected chi connectivity index (χ1v) is 1.55. The van der Waals surface area contributed by atoms with Gasteiger partial charge in [-0.05, 0) is 0 Å². The number of hydrogen-bond acceptors (Lipinski definition) is 3. The SMILES string of the molecule is CN(CN)N=O. The Kier molecular flexibility index (Phi) is 2.31. The van der Waals surface area contributed by atoms with Gasteiger partial charge in [-0.1, -0.05) is 0 Å². The van der Waals surface area contributed by atoms with Crippen LogP contribution in [0.15, 0.2) is 5.29 Å². The molecular formula is C2H7N3O. The Morgan fingerprint density at radius 3 is 2.50 bits per heavy atom. The normalized spacial score (nSPS) is 7.67. The summed E-state index contributed by atoms with van der Waals surface area (Å²) in [7, 11) is 1.51. The van der Waals surface area contributed by atoms with Crippen LogP contribution in [0.1, 0.15) is 0 Å². The van der Waals surface area contributed by atoms with Gasteiger partial charge in [0.2, 0.25) is 0 Å². The average Bonchev–Trinajstić information content (AvgIpc) is 1.65. The fourth-order valence-corrected chi connectivity index (χ4v) is 0.0333. The molecule has 0 aromatic heterocycles. The molecule has 0 unspecified atom stereocenters. The Bertz CT molecular complexity index is 46.1. The second kappa shape index (κ2) is 2.59. The third-order valence-corrected chi connectivity index (χ3v) is 0.404. The maximum atomic E-state index is 9.33. The molecular weight excluding hydrogens is 82.0 g/mol. The van der Waals surface area contributed by atoms with E-state index in [9.17, 15) is 4.91 Å². The molecule has 4 heteroatoms. The van der Waals surface area contributed by atoms with Crippen LogP contribution in [0.5, 0.6) is 0 Å². The van der Waals surface area contributed by atoms with Crippen molar-refractivity contribution in [2.24, 2.45) is 11.0 Å². The summed E-state index contributed by atoms with van der Waals surface area (Å²) in [6.07, 6.45) is 0. The summed E-state index contributed by atoms with van der Waals surface area (Å²) in [5, 5.41) is 3.56. The monoisotopic (exact) mass is 89.1 g/mol. The van der Waals surface area contributed by atoms with Gasteiger partial charge in [-0.25, -0.2) is 0 Å². The number of hydrogen-bond donors (Lipinski definition) is 1. The smallest absolute Gasteiger partial charge is 0.0858 e. The zero-order valence-electron chi connectivity index (χ0n) is 3.59. The molecule has 0 amide bonds. The van der Waals surface area contributed by atoms with Crippen LogP contribution < -0.4 is 5.73 Å². The summed E-state index contributed by atoms with van der Waals surface area (Å²) in [6, 6.07) is 0. The highest BCUT2D eigenvalue weighted by molar-refractivity contribution is 4.27. The molecule has 0 atom stereocenters. The number of nitrogens with zero attached hydrogens (tertiary/aromatic N) is 2. The minimum atomic E-state index is 0.184. The van der Waals surface area contributed by atoms with E-state index < -0.39 is 0 Å². The van der Waals surface area contributed by atoms with Crippen molar-refractivity contribution in [1.29, 1.82) is 0 Å². The molecule has 0 aromatic rings. The second-order valence-electron chi connectivity index (χ2n) is 0.922. The lowest BCUT2D eigenvalue weighted by Gasteiger charge is -1.99. The molecule has 0 bridgehead atoms. The predicted molar refractivity (Wildman–Crippen MR) is 22.6 cm³/mol. The topological polar surface area (TPSA) is 58.7 Å². The van der Waals surface area contributed by atoms with E-state index in [1.54, 1.807) is 0 Å². The summed E-state index contributed by atoms with van der Waals surface area (Å²) >= 11 is 0. The zero-order chi connectivity index (χ0) is 4.99. The van der Waals surface area contributed by atoms with Crippen molar-refractivity contribution in [3.8, 4) is 0 Å². The molecule has 0 spiro atoms. The van der Waals surface area contributed by atoms with Crippen molar-refractivity contribution in [2.75, 3.05) is 13.7 Å². The number of rotatable bonds is 2. The molecule has 0 aliphatic rings. The van der Waals surface area contributed by atoms with Gasteiger partial charge in [0.05, 0.1) is 12.0 Å². The lowest BCUT2D eigenvalue weighted by molar-refractivity contribution is 0.361. The van der Waals surface area contributed by atoms with Gasteiger partial charge < -0.3 is 5.73 Å². The fraction of sp³-hybridized carbons (Fsp3) is 1.00. The van der Waals surface area contributed by atoms with Crippen LogP contribution >= 0.6 is 0 Å². The maximum absolute atomic E-state index is 9.33. The van der Waals surface area contributed by atoms with Crippen molar-refractivity contribution in [2.45, 2.75) is 0 Å². The van der Waals surface area contributed by atoms with E-state index in [1.165, 1.54) is 7.05 Å². The second-order valence-corrected chi connectivity index (χ2v) is 0.922. The van der Waals surface area contributed by atoms with Crippen LogP contribution in [-0.2, 0) is 0 Å². The molecule has 6 heavy (non-hydrogen) atoms. The van der Waals surface area contributed by atoms with Gasteiger partial charge in [-0.15, -0.1) is 4.91 Å². The Morgan fingerprint density at radius 1 is 2.00 bits per heavy atom. The first-order valence-electron chi connectivity index (χ1n) is 1.55. The first kappa shape index (κ1) is 5.36. The highest BCUT2D eigenvalue weighted by Crippen LogP contribution is 1.69. The van der Waals surface area contributed by atoms with E-state index in [0.717, 1.165) is 5.01 Å². The summed E-state index contributed by atoms with van der Waals surface area (Å²) in [4.78, 5) is 9.33. The summed E-state index contributed by atoms with van der Waals surface area (Å²) < 4.78 is 0. The van der Waals surface area contributed by atoms with Gasteiger partial charge in [-0.3, -0.25) is 5.01 Å². The Labute approximate surface area is 35.9 Å². The van der Waals surface area contributed by atoms with Crippen LogP contribution in [0.3, 0.4) is 0 Å². The third kappa shape index (κ3) is 1.66. The van der Waals surface area contributed by atoms with Crippen LogP contribution in [0.25, 0.3) is 0 Å². The molecule has 0 radical (unpaired) electrons. The van der Waals surface area contributed by atoms with Gasteiger partial charge in [-0.2, -0.15) is 0 Å². The molecule has 2 N–H and O–H groups in total. The van der Waals surface area contributed by atoms with Crippen molar-refractivity contribution in [3.05, 3.63) is 4.91 Å². The molecule has 0 saturated carbocycles. The molecule has 0 rings (SSSR count). The van der Waals surface area contributed by atoms with Crippen molar-refractivity contribution < 1.29 is 0 Å². The molecule has 36 valence electrons. The van der Waals surface area contributed by atoms with Gasteiger partial charge >= 0.3 is 0 Å². The summed E-state index contributed by atoms with van der Waals surface area (Å²) in [6.45, 7) is 0.184. The first-order chi connectivity index (χ1) is 2.81. The molecule has 0 aliphatic carbocycles. The predicted octanol–water partition coefficient (Wildman–Crippen LogP) is -0.484. The highest BCUT2D eigenvalue weighted by atomic mass is 16.3. The van der Waals surface area contributed by atoms with Gasteiger partial charge in [0.15, 0.2) is 0 Å². The highest BCUT2D eigenvalue weighted by Gasteiger charge is 1.80. The zero-order valence-corrected chi connectivity index (χ0v) is 3.59. The van der Waals surface area contributed by atoms with E-state index in [4.69, 9.17) is 5.73 Å². The van der Waals surface area contributed by atoms with Crippen LogP contribution in [-0.4, -0.2) is 18.7 Å². The van der Waals surface area contributed by atoms with Gasteiger partial charge in [0.1, 0.15) is 0 Å². The maximum Gasteiger partial charge on any atom is 0.0858 e. The molecule has 0 fully saturated rings. The summed E-state index contributed by atoms with van der Waals surface area (Å²) in [5.74, 6) is 0. The molecule has 0 heterocycles. The molecule has 4 nitrogen and oxygen atoms in total. The van der Waals surface area contributed by atoms with Gasteiger partial charge in [0.25, 0.3) is 0 Å². The minimum Gasteiger partial charge on any atom is -0.313 e. The minimum absolute atomic E-state index is 0.184. The number of nitroso groups, excluding NO2 is 1. The Balaban J connectivity index is 2.96. The average molecular weight is 89.1 g/mol. The molecule has 0 aromatic carbocycles. The fourth-order valence-electron chi connectivity index (χ4n) is 0.0333. The van der Waals surface area contributed by atoms with E-state index in [0.29, 0.717) is 0 Å².